The van der Waals surface area contributed by atoms with E-state index in [4.69, 9.17) is 0 Å². The fourth-order valence-electron chi connectivity index (χ4n) is 1.53. The number of hydrogen-bond donors (Lipinski definition) is 0. The molecule has 0 spiro atoms. The standard InChI is InChI=1S/C10H11NOS/c1-11-8-13(7-6-12)10-5-3-2-4-9(10)11/h2-7H,8H2,1H3. The average molecular weight is 193 g/mol. The van der Waals surface area contributed by atoms with Crippen LogP contribution in [0.4, 0.5) is 5.69 Å². The fraction of sp³-hybridized carbons (Fsp3) is 0.200. The summed E-state index contributed by atoms with van der Waals surface area (Å²) in [6.45, 7) is 0. The van der Waals surface area contributed by atoms with Gasteiger partial charge in [-0.05, 0) is 12.1 Å². The first-order chi connectivity index (χ1) is 6.33. The summed E-state index contributed by atoms with van der Waals surface area (Å²) < 4.78 is 0. The number of rotatable bonds is 1. The van der Waals surface area contributed by atoms with Crippen molar-refractivity contribution in [2.75, 3.05) is 17.8 Å². The molecule has 0 bridgehead atoms. The van der Waals surface area contributed by atoms with Crippen LogP contribution in [0.2, 0.25) is 0 Å². The molecule has 1 unspecified atom stereocenters. The van der Waals surface area contributed by atoms with Crippen LogP contribution in [0.5, 0.6) is 0 Å². The molecule has 1 aromatic carbocycles. The molecule has 0 radical (unpaired) electrons. The van der Waals surface area contributed by atoms with Gasteiger partial charge in [0.05, 0.1) is 11.6 Å². The summed E-state index contributed by atoms with van der Waals surface area (Å²) in [6, 6.07) is 8.25. The van der Waals surface area contributed by atoms with E-state index in [9.17, 15) is 4.79 Å². The molecule has 0 amide bonds. The molecule has 1 aromatic rings. The summed E-state index contributed by atoms with van der Waals surface area (Å²) >= 11 is 0. The molecule has 13 heavy (non-hydrogen) atoms. The third-order valence-electron chi connectivity index (χ3n) is 2.11. The second kappa shape index (κ2) is 3.34. The number of benzene rings is 1. The molecule has 0 saturated carbocycles. The van der Waals surface area contributed by atoms with Crippen LogP contribution in [0.25, 0.3) is 0 Å². The molecule has 1 atom stereocenters. The molecule has 1 heterocycles. The van der Waals surface area contributed by atoms with Gasteiger partial charge in [0.2, 0.25) is 0 Å². The SMILES string of the molecule is CN1CS(=CC=O)c2ccccc21. The zero-order valence-electron chi connectivity index (χ0n) is 7.43. The predicted octanol–water partition coefficient (Wildman–Crippen LogP) is 1.72. The number of aldehydes is 1. The number of nitrogens with zero attached hydrogens (tertiary/aromatic N) is 1. The van der Waals surface area contributed by atoms with Gasteiger partial charge in [0.25, 0.3) is 0 Å². The van der Waals surface area contributed by atoms with Crippen molar-refractivity contribution < 1.29 is 4.79 Å². The number of carbonyl (C=O) groups is 1. The van der Waals surface area contributed by atoms with E-state index in [0.717, 1.165) is 12.2 Å². The van der Waals surface area contributed by atoms with Gasteiger partial charge in [-0.3, -0.25) is 4.79 Å². The van der Waals surface area contributed by atoms with Gasteiger partial charge >= 0.3 is 0 Å². The van der Waals surface area contributed by atoms with Gasteiger partial charge in [0, 0.05) is 17.3 Å². The molecule has 0 aromatic heterocycles. The van der Waals surface area contributed by atoms with Crippen LogP contribution in [-0.4, -0.2) is 24.6 Å². The van der Waals surface area contributed by atoms with Crippen molar-refractivity contribution in [1.29, 1.82) is 0 Å². The molecule has 68 valence electrons. The predicted molar refractivity (Wildman–Crippen MR) is 57.7 cm³/mol. The van der Waals surface area contributed by atoms with Crippen molar-refractivity contribution in [2.45, 2.75) is 4.90 Å². The Balaban J connectivity index is 2.53. The number of hydrogen-bond acceptors (Lipinski definition) is 2. The maximum Gasteiger partial charge on any atom is 0.148 e. The number of carbonyl (C=O) groups excluding carboxylic acids is 1. The summed E-state index contributed by atoms with van der Waals surface area (Å²) in [5.74, 6) is 0.943. The molecular formula is C10H11NOS. The summed E-state index contributed by atoms with van der Waals surface area (Å²) in [7, 11) is 2.06. The van der Waals surface area contributed by atoms with Crippen LogP contribution in [0.3, 0.4) is 0 Å². The van der Waals surface area contributed by atoms with Gasteiger partial charge in [-0.25, -0.2) is 0 Å². The molecule has 1 aliphatic heterocycles. The second-order valence-electron chi connectivity index (χ2n) is 3.00. The highest BCUT2D eigenvalue weighted by Gasteiger charge is 2.17. The van der Waals surface area contributed by atoms with Gasteiger partial charge in [0.1, 0.15) is 6.29 Å². The minimum atomic E-state index is 0.000525. The largest absolute Gasteiger partial charge is 0.365 e. The summed E-state index contributed by atoms with van der Waals surface area (Å²) in [5, 5.41) is 1.75. The minimum absolute atomic E-state index is 0.000525. The third kappa shape index (κ3) is 1.40. The third-order valence-corrected chi connectivity index (χ3v) is 4.13. The van der Waals surface area contributed by atoms with Crippen molar-refractivity contribution >= 4 is 27.8 Å². The summed E-state index contributed by atoms with van der Waals surface area (Å²) in [5.41, 5.74) is 1.25. The Kier molecular flexibility index (Phi) is 2.19. The topological polar surface area (TPSA) is 20.3 Å². The molecule has 0 N–H and O–H groups in total. The first-order valence-electron chi connectivity index (χ1n) is 4.11. The molecule has 2 rings (SSSR count). The van der Waals surface area contributed by atoms with Crippen LogP contribution in [0.15, 0.2) is 29.2 Å². The van der Waals surface area contributed by atoms with E-state index in [1.54, 1.807) is 5.37 Å². The number of fused-ring (bicyclic) bond motifs is 1. The first kappa shape index (κ1) is 8.51. The lowest BCUT2D eigenvalue weighted by atomic mass is 10.3. The molecule has 0 aliphatic carbocycles. The molecule has 0 fully saturated rings. The lowest BCUT2D eigenvalue weighted by Crippen LogP contribution is -2.11. The normalized spacial score (nSPS) is 20.4. The van der Waals surface area contributed by atoms with Crippen LogP contribution in [0.1, 0.15) is 0 Å². The first-order valence-corrected chi connectivity index (χ1v) is 5.57. The van der Waals surface area contributed by atoms with Gasteiger partial charge in [0.15, 0.2) is 0 Å². The minimum Gasteiger partial charge on any atom is -0.365 e. The van der Waals surface area contributed by atoms with E-state index in [-0.39, 0.29) is 10.5 Å². The zero-order valence-corrected chi connectivity index (χ0v) is 8.25. The molecular weight excluding hydrogens is 182 g/mol. The van der Waals surface area contributed by atoms with Gasteiger partial charge in [-0.2, -0.15) is 0 Å². The van der Waals surface area contributed by atoms with E-state index < -0.39 is 0 Å². The van der Waals surface area contributed by atoms with Gasteiger partial charge in [-0.1, -0.05) is 12.1 Å². The van der Waals surface area contributed by atoms with E-state index in [2.05, 4.69) is 24.1 Å². The second-order valence-corrected chi connectivity index (χ2v) is 4.82. The number of anilines is 1. The average Bonchev–Trinajstić information content (AvgIpc) is 2.46. The highest BCUT2D eigenvalue weighted by molar-refractivity contribution is 8.16. The van der Waals surface area contributed by atoms with Crippen molar-refractivity contribution in [3.63, 3.8) is 0 Å². The van der Waals surface area contributed by atoms with E-state index in [1.807, 2.05) is 12.1 Å². The maximum absolute atomic E-state index is 10.4. The Labute approximate surface area is 80.1 Å². The van der Waals surface area contributed by atoms with Crippen molar-refractivity contribution in [3.8, 4) is 0 Å². The van der Waals surface area contributed by atoms with Crippen LogP contribution < -0.4 is 4.90 Å². The zero-order chi connectivity index (χ0) is 9.26. The lowest BCUT2D eigenvalue weighted by molar-refractivity contribution is -0.102. The summed E-state index contributed by atoms with van der Waals surface area (Å²) in [6.07, 6.45) is 0.902. The van der Waals surface area contributed by atoms with Crippen molar-refractivity contribution in [3.05, 3.63) is 24.3 Å². The Hall–Kier alpha value is -1.09. The monoisotopic (exact) mass is 193 g/mol. The van der Waals surface area contributed by atoms with E-state index in [1.165, 1.54) is 10.6 Å². The molecule has 0 saturated heterocycles. The molecule has 2 nitrogen and oxygen atoms in total. The van der Waals surface area contributed by atoms with E-state index in [0.29, 0.717) is 0 Å². The van der Waals surface area contributed by atoms with Crippen LogP contribution in [-0.2, 0) is 4.79 Å². The highest BCUT2D eigenvalue weighted by atomic mass is 32.2. The van der Waals surface area contributed by atoms with E-state index >= 15 is 0 Å². The Bertz CT molecular complexity index is 373. The molecule has 3 heteroatoms. The molecule has 1 aliphatic rings. The van der Waals surface area contributed by atoms with Gasteiger partial charge in [-0.15, -0.1) is 10.5 Å². The van der Waals surface area contributed by atoms with Crippen molar-refractivity contribution in [2.24, 2.45) is 0 Å². The van der Waals surface area contributed by atoms with Gasteiger partial charge < -0.3 is 4.90 Å². The van der Waals surface area contributed by atoms with Crippen molar-refractivity contribution in [1.82, 2.24) is 0 Å². The quantitative estimate of drug-likeness (QED) is 0.500. The van der Waals surface area contributed by atoms with Crippen LogP contribution in [0, 0.1) is 0 Å². The summed E-state index contributed by atoms with van der Waals surface area (Å²) in [4.78, 5) is 13.9. The Morgan fingerprint density at radius 2 is 2.23 bits per heavy atom. The highest BCUT2D eigenvalue weighted by Crippen LogP contribution is 2.41. The van der Waals surface area contributed by atoms with Crippen LogP contribution >= 0.6 is 10.5 Å². The Morgan fingerprint density at radius 3 is 3.00 bits per heavy atom. The maximum atomic E-state index is 10.4. The number of para-hydroxylation sites is 1. The Morgan fingerprint density at radius 1 is 1.46 bits per heavy atom. The lowest BCUT2D eigenvalue weighted by Gasteiger charge is -2.09. The smallest absolute Gasteiger partial charge is 0.148 e. The fourth-order valence-corrected chi connectivity index (χ4v) is 3.33.